The van der Waals surface area contributed by atoms with Gasteiger partial charge in [0.05, 0.1) is 25.5 Å². The lowest BCUT2D eigenvalue weighted by atomic mass is 10.1. The molecule has 0 fully saturated rings. The normalized spacial score (nSPS) is 13.7. The fraction of sp³-hybridized carbons (Fsp3) is 0.100. The number of hydrogen-bond acceptors (Lipinski definition) is 6. The Morgan fingerprint density at radius 1 is 0.923 bits per heavy atom. The number of hydrogen-bond donors (Lipinski definition) is 1. The maximum Gasteiger partial charge on any atom is 0.355 e. The lowest BCUT2D eigenvalue weighted by Crippen LogP contribution is -2.27. The van der Waals surface area contributed by atoms with Crippen molar-refractivity contribution in [3.63, 3.8) is 0 Å². The Hall–Kier alpha value is -3.54. The summed E-state index contributed by atoms with van der Waals surface area (Å²) < 4.78 is 9.70. The van der Waals surface area contributed by atoms with Crippen LogP contribution < -0.4 is 4.90 Å². The maximum atomic E-state index is 12.5. The molecule has 0 radical (unpaired) electrons. The summed E-state index contributed by atoms with van der Waals surface area (Å²) in [6, 6.07) is 10.4. The van der Waals surface area contributed by atoms with Crippen molar-refractivity contribution in [1.82, 2.24) is 0 Å². The lowest BCUT2D eigenvalue weighted by molar-refractivity contribution is -0.139. The molecule has 0 saturated heterocycles. The van der Waals surface area contributed by atoms with Crippen LogP contribution in [0, 0.1) is 0 Å². The van der Waals surface area contributed by atoms with Crippen molar-refractivity contribution in [2.24, 2.45) is 0 Å². The number of carbonyl (C=O) groups is 2. The smallest absolute Gasteiger partial charge is 0.355 e. The van der Waals surface area contributed by atoms with Crippen LogP contribution in [0.3, 0.4) is 0 Å². The highest BCUT2D eigenvalue weighted by molar-refractivity contribution is 6.08. The highest BCUT2D eigenvalue weighted by Crippen LogP contribution is 2.36. The molecule has 0 saturated carbocycles. The van der Waals surface area contributed by atoms with E-state index in [0.29, 0.717) is 16.5 Å². The fourth-order valence-corrected chi connectivity index (χ4v) is 2.83. The number of carbonyl (C=O) groups excluding carboxylic acids is 2. The van der Waals surface area contributed by atoms with Gasteiger partial charge >= 0.3 is 11.9 Å². The van der Waals surface area contributed by atoms with Gasteiger partial charge in [-0.05, 0) is 24.3 Å². The molecule has 3 rings (SSSR count). The number of phenolic OH excluding ortho intramolecular Hbond substituents is 1. The second-order valence-electron chi connectivity index (χ2n) is 5.47. The van der Waals surface area contributed by atoms with Crippen molar-refractivity contribution in [3.8, 4) is 5.75 Å². The van der Waals surface area contributed by atoms with Crippen LogP contribution in [0.15, 0.2) is 72.1 Å². The summed E-state index contributed by atoms with van der Waals surface area (Å²) in [7, 11) is 2.49. The van der Waals surface area contributed by atoms with Gasteiger partial charge in [0, 0.05) is 17.0 Å². The number of esters is 2. The number of nitrogens with zero attached hydrogens (tertiary/aromatic N) is 1. The minimum Gasteiger partial charge on any atom is -0.507 e. The number of allylic oxidation sites excluding steroid dienone is 2. The Balaban J connectivity index is 2.30. The van der Waals surface area contributed by atoms with Gasteiger partial charge in [-0.2, -0.15) is 0 Å². The van der Waals surface area contributed by atoms with E-state index >= 15 is 0 Å². The van der Waals surface area contributed by atoms with Crippen molar-refractivity contribution in [2.75, 3.05) is 19.1 Å². The summed E-state index contributed by atoms with van der Waals surface area (Å²) in [4.78, 5) is 26.3. The second kappa shape index (κ2) is 7.14. The molecule has 6 heteroatoms. The lowest BCUT2D eigenvalue weighted by Gasteiger charge is -2.24. The van der Waals surface area contributed by atoms with E-state index in [1.165, 1.54) is 26.4 Å². The van der Waals surface area contributed by atoms with Crippen LogP contribution in [0.5, 0.6) is 5.75 Å². The Kier molecular flexibility index (Phi) is 4.75. The zero-order valence-electron chi connectivity index (χ0n) is 14.3. The molecule has 1 aliphatic heterocycles. The molecule has 6 nitrogen and oxygen atoms in total. The predicted octanol–water partition coefficient (Wildman–Crippen LogP) is 3.04. The first-order chi connectivity index (χ1) is 12.6. The molecule has 0 aliphatic carbocycles. The van der Waals surface area contributed by atoms with Gasteiger partial charge in [0.1, 0.15) is 11.4 Å². The molecule has 1 N–H and O–H groups in total. The van der Waals surface area contributed by atoms with E-state index in [9.17, 15) is 14.7 Å². The molecule has 2 aromatic rings. The van der Waals surface area contributed by atoms with Gasteiger partial charge in [0.2, 0.25) is 0 Å². The van der Waals surface area contributed by atoms with Crippen LogP contribution in [-0.4, -0.2) is 31.3 Å². The summed E-state index contributed by atoms with van der Waals surface area (Å²) in [6.45, 7) is 0. The predicted molar refractivity (Wildman–Crippen MR) is 97.4 cm³/mol. The molecule has 1 heterocycles. The van der Waals surface area contributed by atoms with Gasteiger partial charge < -0.3 is 19.5 Å². The molecule has 0 aromatic heterocycles. The van der Waals surface area contributed by atoms with E-state index in [2.05, 4.69) is 0 Å². The van der Waals surface area contributed by atoms with Gasteiger partial charge in [-0.15, -0.1) is 0 Å². The van der Waals surface area contributed by atoms with E-state index in [-0.39, 0.29) is 17.0 Å². The molecular formula is C20H17NO5. The number of rotatable bonds is 3. The third-order valence-corrected chi connectivity index (χ3v) is 4.03. The molecule has 1 aliphatic rings. The average Bonchev–Trinajstić information content (AvgIpc) is 2.90. The molecule has 26 heavy (non-hydrogen) atoms. The van der Waals surface area contributed by atoms with Crippen LogP contribution in [0.4, 0.5) is 5.69 Å². The van der Waals surface area contributed by atoms with Gasteiger partial charge in [0.15, 0.2) is 0 Å². The minimum atomic E-state index is -0.682. The second-order valence-corrected chi connectivity index (χ2v) is 5.47. The zero-order valence-corrected chi connectivity index (χ0v) is 14.3. The maximum absolute atomic E-state index is 12.5. The van der Waals surface area contributed by atoms with E-state index in [1.54, 1.807) is 35.4 Å². The SMILES string of the molecule is COC(=O)C1=C(C(=O)OC)N(c2ccc(O)c3ccccc23)C=CC=C1. The van der Waals surface area contributed by atoms with Gasteiger partial charge in [-0.1, -0.05) is 30.3 Å². The highest BCUT2D eigenvalue weighted by Gasteiger charge is 2.28. The van der Waals surface area contributed by atoms with Crippen LogP contribution >= 0.6 is 0 Å². The molecule has 0 bridgehead atoms. The molecule has 0 amide bonds. The molecular weight excluding hydrogens is 334 g/mol. The van der Waals surface area contributed by atoms with E-state index in [0.717, 1.165) is 0 Å². The summed E-state index contributed by atoms with van der Waals surface area (Å²) in [6.07, 6.45) is 6.48. The largest absolute Gasteiger partial charge is 0.507 e. The Labute approximate surface area is 150 Å². The Morgan fingerprint density at radius 3 is 2.31 bits per heavy atom. The summed E-state index contributed by atoms with van der Waals surface area (Å²) in [5, 5.41) is 11.5. The van der Waals surface area contributed by atoms with Crippen LogP contribution in [0.1, 0.15) is 0 Å². The van der Waals surface area contributed by atoms with Gasteiger partial charge in [0.25, 0.3) is 0 Å². The first-order valence-corrected chi connectivity index (χ1v) is 7.84. The number of methoxy groups -OCH3 is 2. The van der Waals surface area contributed by atoms with Crippen LogP contribution in [-0.2, 0) is 19.1 Å². The summed E-state index contributed by atoms with van der Waals surface area (Å²) >= 11 is 0. The van der Waals surface area contributed by atoms with Crippen LogP contribution in [0.25, 0.3) is 10.8 Å². The van der Waals surface area contributed by atoms with Crippen molar-refractivity contribution in [1.29, 1.82) is 0 Å². The topological polar surface area (TPSA) is 76.1 Å². The summed E-state index contributed by atoms with van der Waals surface area (Å²) in [5.74, 6) is -1.21. The Bertz CT molecular complexity index is 971. The van der Waals surface area contributed by atoms with Crippen molar-refractivity contribution < 1.29 is 24.2 Å². The highest BCUT2D eigenvalue weighted by atomic mass is 16.5. The standard InChI is InChI=1S/C20H17NO5/c1-25-19(23)15-9-5-6-12-21(18(15)20(24)26-2)16-10-11-17(22)14-8-4-3-7-13(14)16/h3-12,22H,1-2H3. The number of ether oxygens (including phenoxy) is 2. The van der Waals surface area contributed by atoms with E-state index < -0.39 is 11.9 Å². The van der Waals surface area contributed by atoms with E-state index in [1.807, 2.05) is 18.2 Å². The number of phenols is 1. The minimum absolute atomic E-state index is 0.0280. The monoisotopic (exact) mass is 351 g/mol. The third kappa shape index (κ3) is 2.93. The van der Waals surface area contributed by atoms with Crippen molar-refractivity contribution in [3.05, 3.63) is 72.1 Å². The molecule has 0 unspecified atom stereocenters. The number of fused-ring (bicyclic) bond motifs is 1. The fourth-order valence-electron chi connectivity index (χ4n) is 2.83. The number of benzene rings is 2. The third-order valence-electron chi connectivity index (χ3n) is 4.03. The number of anilines is 1. The summed E-state index contributed by atoms with van der Waals surface area (Å²) in [5.41, 5.74) is 0.710. The first kappa shape index (κ1) is 17.3. The van der Waals surface area contributed by atoms with Gasteiger partial charge in [-0.3, -0.25) is 0 Å². The van der Waals surface area contributed by atoms with E-state index in [4.69, 9.17) is 9.47 Å². The Morgan fingerprint density at radius 2 is 1.62 bits per heavy atom. The number of aromatic hydroxyl groups is 1. The van der Waals surface area contributed by atoms with Crippen LogP contribution in [0.2, 0.25) is 0 Å². The van der Waals surface area contributed by atoms with Gasteiger partial charge in [-0.25, -0.2) is 9.59 Å². The first-order valence-electron chi connectivity index (χ1n) is 7.84. The van der Waals surface area contributed by atoms with Crippen molar-refractivity contribution >= 4 is 28.4 Å². The molecule has 2 aromatic carbocycles. The molecule has 0 atom stereocenters. The molecule has 132 valence electrons. The quantitative estimate of drug-likeness (QED) is 0.857. The molecule has 0 spiro atoms. The zero-order chi connectivity index (χ0) is 18.7. The average molecular weight is 351 g/mol. The van der Waals surface area contributed by atoms with Crippen molar-refractivity contribution in [2.45, 2.75) is 0 Å².